The second-order valence-corrected chi connectivity index (χ2v) is 6.61. The Morgan fingerprint density at radius 1 is 0.931 bits per heavy atom. The van der Waals surface area contributed by atoms with Gasteiger partial charge in [-0.1, -0.05) is 74.0 Å². The highest BCUT2D eigenvalue weighted by Crippen LogP contribution is 2.09. The number of ether oxygens (including phenoxy) is 2. The summed E-state index contributed by atoms with van der Waals surface area (Å²) in [6.45, 7) is 2.36. The van der Waals surface area contributed by atoms with E-state index in [1.54, 1.807) is 24.3 Å². The third-order valence-corrected chi connectivity index (χ3v) is 4.29. The zero-order chi connectivity index (χ0) is 20.9. The van der Waals surface area contributed by atoms with Crippen LogP contribution in [0, 0.1) is 0 Å². The Kier molecular flexibility index (Phi) is 9.42. The van der Waals surface area contributed by atoms with Gasteiger partial charge in [0.25, 0.3) is 0 Å². The standard InChI is InChI=1S/C23H27NO5/c1-2-3-16-28-22(26)20(14-15-21(25)19-12-8-5-9-13-19)24-23(27)29-17-18-10-6-4-7-11-18/h4-13,20H,2-3,14-17H2,1H3,(H,24,27). The number of nitrogens with one attached hydrogen (secondary N) is 1. The summed E-state index contributed by atoms with van der Waals surface area (Å²) < 4.78 is 10.4. The Balaban J connectivity index is 1.91. The summed E-state index contributed by atoms with van der Waals surface area (Å²) in [5.74, 6) is -0.660. The summed E-state index contributed by atoms with van der Waals surface area (Å²) in [6.07, 6.45) is 1.14. The molecule has 2 rings (SSSR count). The molecule has 0 fully saturated rings. The molecular formula is C23H27NO5. The number of carbonyl (C=O) groups excluding carboxylic acids is 3. The van der Waals surface area contributed by atoms with Crippen LogP contribution < -0.4 is 5.32 Å². The zero-order valence-electron chi connectivity index (χ0n) is 16.6. The van der Waals surface area contributed by atoms with Gasteiger partial charge in [-0.2, -0.15) is 0 Å². The molecule has 0 aliphatic rings. The Hall–Kier alpha value is -3.15. The van der Waals surface area contributed by atoms with Crippen LogP contribution in [-0.2, 0) is 20.9 Å². The van der Waals surface area contributed by atoms with Gasteiger partial charge in [0.15, 0.2) is 5.78 Å². The van der Waals surface area contributed by atoms with Gasteiger partial charge < -0.3 is 14.8 Å². The first kappa shape index (κ1) is 22.1. The van der Waals surface area contributed by atoms with Crippen molar-refractivity contribution in [3.05, 3.63) is 71.8 Å². The number of amides is 1. The lowest BCUT2D eigenvalue weighted by Gasteiger charge is -2.17. The number of hydrogen-bond donors (Lipinski definition) is 1. The van der Waals surface area contributed by atoms with E-state index in [0.717, 1.165) is 18.4 Å². The molecule has 2 aromatic rings. The van der Waals surface area contributed by atoms with Crippen molar-refractivity contribution in [1.29, 1.82) is 0 Å². The highest BCUT2D eigenvalue weighted by Gasteiger charge is 2.24. The average molecular weight is 397 g/mol. The number of hydrogen-bond acceptors (Lipinski definition) is 5. The highest BCUT2D eigenvalue weighted by molar-refractivity contribution is 5.96. The molecule has 0 spiro atoms. The summed E-state index contributed by atoms with van der Waals surface area (Å²) in [5, 5.41) is 2.53. The van der Waals surface area contributed by atoms with Crippen LogP contribution in [0.2, 0.25) is 0 Å². The normalized spacial score (nSPS) is 11.3. The van der Waals surface area contributed by atoms with Crippen LogP contribution in [0.5, 0.6) is 0 Å². The van der Waals surface area contributed by atoms with Crippen molar-refractivity contribution in [2.45, 2.75) is 45.3 Å². The lowest BCUT2D eigenvalue weighted by atomic mass is 10.0. The van der Waals surface area contributed by atoms with Crippen LogP contribution in [0.1, 0.15) is 48.5 Å². The van der Waals surface area contributed by atoms with Crippen molar-refractivity contribution >= 4 is 17.8 Å². The van der Waals surface area contributed by atoms with Crippen LogP contribution in [0.4, 0.5) is 4.79 Å². The largest absolute Gasteiger partial charge is 0.464 e. The second-order valence-electron chi connectivity index (χ2n) is 6.61. The van der Waals surface area contributed by atoms with Gasteiger partial charge in [-0.05, 0) is 18.4 Å². The molecule has 0 aliphatic heterocycles. The summed E-state index contributed by atoms with van der Waals surface area (Å²) >= 11 is 0. The lowest BCUT2D eigenvalue weighted by Crippen LogP contribution is -2.42. The minimum absolute atomic E-state index is 0.0905. The van der Waals surface area contributed by atoms with Crippen LogP contribution in [0.15, 0.2) is 60.7 Å². The molecular weight excluding hydrogens is 370 g/mol. The Bertz CT molecular complexity index is 776. The molecule has 2 aromatic carbocycles. The predicted octanol–water partition coefficient (Wildman–Crippen LogP) is 4.29. The maximum absolute atomic E-state index is 12.4. The maximum Gasteiger partial charge on any atom is 0.408 e. The van der Waals surface area contributed by atoms with E-state index in [-0.39, 0.29) is 31.8 Å². The van der Waals surface area contributed by atoms with Crippen LogP contribution in [0.3, 0.4) is 0 Å². The van der Waals surface area contributed by atoms with Crippen molar-refractivity contribution < 1.29 is 23.9 Å². The highest BCUT2D eigenvalue weighted by atomic mass is 16.6. The number of unbranched alkanes of at least 4 members (excludes halogenated alkanes) is 1. The molecule has 1 amide bonds. The summed E-state index contributed by atoms with van der Waals surface area (Å²) in [4.78, 5) is 36.9. The molecule has 0 heterocycles. The van der Waals surface area contributed by atoms with E-state index in [1.165, 1.54) is 0 Å². The first-order valence-electron chi connectivity index (χ1n) is 9.82. The quantitative estimate of drug-likeness (QED) is 0.348. The molecule has 0 bridgehead atoms. The Morgan fingerprint density at radius 3 is 2.24 bits per heavy atom. The summed E-state index contributed by atoms with van der Waals surface area (Å²) in [7, 11) is 0. The van der Waals surface area contributed by atoms with Gasteiger partial charge in [0.2, 0.25) is 0 Å². The van der Waals surface area contributed by atoms with E-state index in [4.69, 9.17) is 9.47 Å². The Labute approximate surface area is 171 Å². The van der Waals surface area contributed by atoms with Crippen molar-refractivity contribution in [3.8, 4) is 0 Å². The maximum atomic E-state index is 12.4. The minimum Gasteiger partial charge on any atom is -0.464 e. The first-order chi connectivity index (χ1) is 14.1. The lowest BCUT2D eigenvalue weighted by molar-refractivity contribution is -0.146. The number of rotatable bonds is 11. The molecule has 1 unspecified atom stereocenters. The average Bonchev–Trinajstić information content (AvgIpc) is 2.76. The fourth-order valence-electron chi connectivity index (χ4n) is 2.62. The Morgan fingerprint density at radius 2 is 1.59 bits per heavy atom. The fourth-order valence-corrected chi connectivity index (χ4v) is 2.62. The number of Topliss-reactive ketones (excluding diaryl/α,β-unsaturated/α-hetero) is 1. The molecule has 0 saturated heterocycles. The van der Waals surface area contributed by atoms with Crippen molar-refractivity contribution in [3.63, 3.8) is 0 Å². The third-order valence-electron chi connectivity index (χ3n) is 4.29. The van der Waals surface area contributed by atoms with Gasteiger partial charge in [0, 0.05) is 12.0 Å². The van der Waals surface area contributed by atoms with Gasteiger partial charge in [-0.15, -0.1) is 0 Å². The van der Waals surface area contributed by atoms with E-state index in [1.807, 2.05) is 43.3 Å². The van der Waals surface area contributed by atoms with Gasteiger partial charge in [-0.3, -0.25) is 4.79 Å². The van der Waals surface area contributed by atoms with Crippen molar-refractivity contribution in [2.24, 2.45) is 0 Å². The number of alkyl carbamates (subject to hydrolysis) is 1. The van der Waals surface area contributed by atoms with E-state index in [2.05, 4.69) is 5.32 Å². The number of carbonyl (C=O) groups is 3. The summed E-state index contributed by atoms with van der Waals surface area (Å²) in [5.41, 5.74) is 1.40. The van der Waals surface area contributed by atoms with Gasteiger partial charge in [-0.25, -0.2) is 9.59 Å². The van der Waals surface area contributed by atoms with E-state index in [0.29, 0.717) is 5.56 Å². The predicted molar refractivity (Wildman–Crippen MR) is 109 cm³/mol. The van der Waals surface area contributed by atoms with Gasteiger partial charge >= 0.3 is 12.1 Å². The van der Waals surface area contributed by atoms with Crippen molar-refractivity contribution in [1.82, 2.24) is 5.32 Å². The molecule has 0 radical (unpaired) electrons. The molecule has 1 atom stereocenters. The van der Waals surface area contributed by atoms with E-state index >= 15 is 0 Å². The number of esters is 1. The molecule has 0 saturated carbocycles. The fraction of sp³-hybridized carbons (Fsp3) is 0.348. The minimum atomic E-state index is -0.942. The molecule has 154 valence electrons. The smallest absolute Gasteiger partial charge is 0.408 e. The molecule has 0 aliphatic carbocycles. The molecule has 0 aromatic heterocycles. The van der Waals surface area contributed by atoms with E-state index < -0.39 is 18.1 Å². The van der Waals surface area contributed by atoms with E-state index in [9.17, 15) is 14.4 Å². The molecule has 29 heavy (non-hydrogen) atoms. The monoisotopic (exact) mass is 397 g/mol. The number of ketones is 1. The van der Waals surface area contributed by atoms with Crippen molar-refractivity contribution in [2.75, 3.05) is 6.61 Å². The molecule has 6 nitrogen and oxygen atoms in total. The molecule has 1 N–H and O–H groups in total. The first-order valence-corrected chi connectivity index (χ1v) is 9.82. The second kappa shape index (κ2) is 12.3. The van der Waals surface area contributed by atoms with Crippen LogP contribution >= 0.6 is 0 Å². The number of benzene rings is 2. The summed E-state index contributed by atoms with van der Waals surface area (Å²) in [6, 6.07) is 17.1. The van der Waals surface area contributed by atoms with Gasteiger partial charge in [0.05, 0.1) is 6.61 Å². The SMILES string of the molecule is CCCCOC(=O)C(CCC(=O)c1ccccc1)NC(=O)OCc1ccccc1. The zero-order valence-corrected chi connectivity index (χ0v) is 16.6. The van der Waals surface area contributed by atoms with Crippen LogP contribution in [-0.4, -0.2) is 30.5 Å². The topological polar surface area (TPSA) is 81.7 Å². The molecule has 6 heteroatoms. The van der Waals surface area contributed by atoms with Crippen LogP contribution in [0.25, 0.3) is 0 Å². The third kappa shape index (κ3) is 8.17. The van der Waals surface area contributed by atoms with Gasteiger partial charge in [0.1, 0.15) is 12.6 Å².